The summed E-state index contributed by atoms with van der Waals surface area (Å²) < 4.78 is 34.1. The molecule has 0 rings (SSSR count). The number of unbranched alkanes of at least 4 members (excludes halogenated alkanes) is 7. The average Bonchev–Trinajstić information content (AvgIpc) is 3.18. The zero-order chi connectivity index (χ0) is 43.7. The first kappa shape index (κ1) is 55.9. The Balaban J connectivity index is 4.62. The topological polar surface area (TPSA) is 129 Å². The van der Waals surface area contributed by atoms with E-state index in [9.17, 15) is 24.2 Å². The predicted molar refractivity (Wildman–Crippen MR) is 244 cm³/mol. The SMILES string of the molecule is CC/C=C\C/C=C\C/C=C\C/C=C\CCCCCCC(=O)O[C@H](COC(=O)CCC[C@H](O)/C=C/C=C\C/C=C\C/C=C\CCCCC)COP(=O)(O)OCC[N+](C)(C)C. The highest BCUT2D eigenvalue weighted by Gasteiger charge is 2.27. The number of phosphoric acid groups is 1. The van der Waals surface area contributed by atoms with Crippen LogP contribution in [0.15, 0.2) is 97.2 Å². The molecule has 0 radical (unpaired) electrons. The van der Waals surface area contributed by atoms with Crippen LogP contribution in [0.2, 0.25) is 0 Å². The van der Waals surface area contributed by atoms with Crippen LogP contribution < -0.4 is 0 Å². The maximum atomic E-state index is 12.7. The Bertz CT molecular complexity index is 1340. The standard InChI is InChI=1S/C48H80NO9P/c1-6-8-10-12-14-16-18-20-21-22-23-25-27-29-31-33-35-39-48(52)58-46(44-57-59(53,54)56-42-41-49(3,4)5)43-55-47(51)40-36-38-45(50)37-34-32-30-28-26-24-19-17-15-13-11-9-7-2/h8,10,14-17,20-21,23-26,30,32,34,37,45-46,50H,6-7,9,11-13,18-19,22,27-29,31,33,35-36,38-44H2,1-5H3/p+1/b10-8-,16-14-,17-15-,21-20-,25-23-,26-24-,32-30-,37-34+/t45-,46-/m1/s1. The van der Waals surface area contributed by atoms with Crippen molar-refractivity contribution in [1.29, 1.82) is 0 Å². The van der Waals surface area contributed by atoms with Gasteiger partial charge in [-0.1, -0.05) is 137 Å². The molecular weight excluding hydrogens is 766 g/mol. The molecular formula is C48H81NO9P+. The maximum absolute atomic E-state index is 12.7. The minimum absolute atomic E-state index is 0.00889. The van der Waals surface area contributed by atoms with E-state index in [0.29, 0.717) is 30.3 Å². The molecule has 0 spiro atoms. The van der Waals surface area contributed by atoms with Gasteiger partial charge in [0.1, 0.15) is 19.8 Å². The third-order valence-electron chi connectivity index (χ3n) is 8.70. The molecule has 0 heterocycles. The second kappa shape index (κ2) is 39.1. The summed E-state index contributed by atoms with van der Waals surface area (Å²) in [7, 11) is 1.34. The van der Waals surface area contributed by atoms with E-state index >= 15 is 0 Å². The Hall–Kier alpha value is -3.11. The number of carbonyl (C=O) groups is 2. The summed E-state index contributed by atoms with van der Waals surface area (Å²) >= 11 is 0. The Morgan fingerprint density at radius 3 is 1.76 bits per heavy atom. The van der Waals surface area contributed by atoms with Gasteiger partial charge in [0.2, 0.25) is 0 Å². The second-order valence-corrected chi connectivity index (χ2v) is 17.0. The van der Waals surface area contributed by atoms with Crippen molar-refractivity contribution >= 4 is 19.8 Å². The Morgan fingerprint density at radius 1 is 0.627 bits per heavy atom. The van der Waals surface area contributed by atoms with Gasteiger partial charge in [-0.2, -0.15) is 0 Å². The fourth-order valence-corrected chi connectivity index (χ4v) is 5.97. The van der Waals surface area contributed by atoms with Crippen LogP contribution in [0.1, 0.15) is 136 Å². The molecule has 11 heteroatoms. The fourth-order valence-electron chi connectivity index (χ4n) is 5.22. The fraction of sp³-hybridized carbons (Fsp3) is 0.625. The van der Waals surface area contributed by atoms with Crippen LogP contribution in [0.25, 0.3) is 0 Å². The highest BCUT2D eigenvalue weighted by molar-refractivity contribution is 7.47. The number of aliphatic hydroxyl groups is 1. The number of rotatable bonds is 38. The molecule has 0 amide bonds. The molecule has 2 N–H and O–H groups in total. The van der Waals surface area contributed by atoms with Crippen LogP contribution in [0, 0.1) is 0 Å². The molecule has 1 unspecified atom stereocenters. The molecule has 0 aromatic rings. The number of likely N-dealkylation sites (N-methyl/N-ethyl adjacent to an activating group) is 1. The number of aliphatic hydroxyl groups excluding tert-OH is 1. The number of allylic oxidation sites excluding steroid dienone is 15. The molecule has 0 aromatic heterocycles. The van der Waals surface area contributed by atoms with Crippen LogP contribution in [0.4, 0.5) is 0 Å². The van der Waals surface area contributed by atoms with Crippen LogP contribution in [-0.2, 0) is 32.7 Å². The van der Waals surface area contributed by atoms with Crippen LogP contribution >= 0.6 is 7.82 Å². The molecule has 0 saturated carbocycles. The average molecular weight is 847 g/mol. The van der Waals surface area contributed by atoms with Gasteiger partial charge in [0.25, 0.3) is 0 Å². The van der Waals surface area contributed by atoms with E-state index < -0.39 is 38.6 Å². The zero-order valence-corrected chi connectivity index (χ0v) is 38.2. The second-order valence-electron chi connectivity index (χ2n) is 15.5. The van der Waals surface area contributed by atoms with Crippen molar-refractivity contribution in [2.24, 2.45) is 0 Å². The number of nitrogens with zero attached hydrogens (tertiary/aromatic N) is 1. The summed E-state index contributed by atoms with van der Waals surface area (Å²) in [6, 6.07) is 0. The Labute approximate surface area is 358 Å². The van der Waals surface area contributed by atoms with E-state index in [1.54, 1.807) is 12.2 Å². The van der Waals surface area contributed by atoms with Crippen molar-refractivity contribution in [1.82, 2.24) is 0 Å². The highest BCUT2D eigenvalue weighted by Crippen LogP contribution is 2.43. The Morgan fingerprint density at radius 2 is 1.17 bits per heavy atom. The number of hydrogen-bond acceptors (Lipinski definition) is 8. The molecule has 0 fully saturated rings. The molecule has 0 aliphatic heterocycles. The number of phosphoric ester groups is 1. The molecule has 0 aromatic carbocycles. The molecule has 336 valence electrons. The van der Waals surface area contributed by atoms with Gasteiger partial charge in [-0.3, -0.25) is 18.6 Å². The molecule has 3 atom stereocenters. The summed E-state index contributed by atoms with van der Waals surface area (Å²) in [6.07, 6.45) is 47.7. The van der Waals surface area contributed by atoms with Crippen LogP contribution in [0.5, 0.6) is 0 Å². The highest BCUT2D eigenvalue weighted by atomic mass is 31.2. The minimum Gasteiger partial charge on any atom is -0.462 e. The van der Waals surface area contributed by atoms with E-state index in [1.807, 2.05) is 33.3 Å². The third kappa shape index (κ3) is 42.8. The summed E-state index contributed by atoms with van der Waals surface area (Å²) in [6.45, 7) is 3.99. The van der Waals surface area contributed by atoms with Crippen molar-refractivity contribution < 1.29 is 47.2 Å². The van der Waals surface area contributed by atoms with Crippen molar-refractivity contribution in [2.75, 3.05) is 47.5 Å². The van der Waals surface area contributed by atoms with Gasteiger partial charge >= 0.3 is 19.8 Å². The maximum Gasteiger partial charge on any atom is 0.472 e. The van der Waals surface area contributed by atoms with Gasteiger partial charge < -0.3 is 24.0 Å². The zero-order valence-electron chi connectivity index (χ0n) is 37.3. The molecule has 0 aliphatic rings. The smallest absolute Gasteiger partial charge is 0.462 e. The lowest BCUT2D eigenvalue weighted by molar-refractivity contribution is -0.870. The van der Waals surface area contributed by atoms with Gasteiger partial charge in [0.05, 0.1) is 33.9 Å². The van der Waals surface area contributed by atoms with E-state index in [-0.39, 0.29) is 26.1 Å². The molecule has 0 bridgehead atoms. The summed E-state index contributed by atoms with van der Waals surface area (Å²) in [4.78, 5) is 35.4. The first-order valence-corrected chi connectivity index (χ1v) is 23.6. The third-order valence-corrected chi connectivity index (χ3v) is 9.69. The lowest BCUT2D eigenvalue weighted by Gasteiger charge is -2.24. The number of carbonyl (C=O) groups excluding carboxylic acids is 2. The first-order valence-electron chi connectivity index (χ1n) is 22.1. The summed E-state index contributed by atoms with van der Waals surface area (Å²) in [5, 5.41) is 10.3. The van der Waals surface area contributed by atoms with Gasteiger partial charge in [-0.25, -0.2) is 4.57 Å². The van der Waals surface area contributed by atoms with Gasteiger partial charge in [0, 0.05) is 12.8 Å². The van der Waals surface area contributed by atoms with Crippen LogP contribution in [-0.4, -0.2) is 86.1 Å². The van der Waals surface area contributed by atoms with Crippen molar-refractivity contribution in [3.05, 3.63) is 97.2 Å². The molecule has 0 saturated heterocycles. The largest absolute Gasteiger partial charge is 0.472 e. The Kier molecular flexibility index (Phi) is 37.0. The molecule has 10 nitrogen and oxygen atoms in total. The number of ether oxygens (including phenoxy) is 2. The number of esters is 2. The lowest BCUT2D eigenvalue weighted by atomic mass is 10.1. The van der Waals surface area contributed by atoms with Crippen molar-refractivity contribution in [3.63, 3.8) is 0 Å². The van der Waals surface area contributed by atoms with Crippen molar-refractivity contribution in [3.8, 4) is 0 Å². The van der Waals surface area contributed by atoms with Gasteiger partial charge in [0.15, 0.2) is 6.10 Å². The van der Waals surface area contributed by atoms with Gasteiger partial charge in [-0.05, 0) is 83.5 Å². The van der Waals surface area contributed by atoms with E-state index in [0.717, 1.165) is 70.6 Å². The normalized spacial score (nSPS) is 15.0. The summed E-state index contributed by atoms with van der Waals surface area (Å²) in [5.74, 6) is -1.04. The van der Waals surface area contributed by atoms with E-state index in [4.69, 9.17) is 18.5 Å². The predicted octanol–water partition coefficient (Wildman–Crippen LogP) is 11.5. The van der Waals surface area contributed by atoms with E-state index in [2.05, 4.69) is 86.8 Å². The first-order chi connectivity index (χ1) is 28.4. The monoisotopic (exact) mass is 847 g/mol. The van der Waals surface area contributed by atoms with Crippen molar-refractivity contribution in [2.45, 2.75) is 148 Å². The van der Waals surface area contributed by atoms with Crippen LogP contribution in [0.3, 0.4) is 0 Å². The summed E-state index contributed by atoms with van der Waals surface area (Å²) in [5.41, 5.74) is 0. The number of quaternary nitrogens is 1. The quantitative estimate of drug-likeness (QED) is 0.0156. The van der Waals surface area contributed by atoms with Gasteiger partial charge in [-0.15, -0.1) is 0 Å². The molecule has 0 aliphatic carbocycles. The number of hydrogen-bond donors (Lipinski definition) is 2. The minimum atomic E-state index is -4.43. The lowest BCUT2D eigenvalue weighted by Crippen LogP contribution is -2.37. The molecule has 59 heavy (non-hydrogen) atoms. The van der Waals surface area contributed by atoms with E-state index in [1.165, 1.54) is 19.3 Å².